The molecule has 0 aliphatic carbocycles. The Morgan fingerprint density at radius 2 is 2.12 bits per heavy atom. The molecule has 0 aromatic carbocycles. The standard InChI is InChI=1S/C8H10F3N5O/c1-13-6(17)3-14-5-2-4(8(9,10)11)15-7(12)16-5/h2H,3H2,1H3,(H,13,17)(H3,12,14,15,16). The van der Waals surface area contributed by atoms with Crippen molar-refractivity contribution in [3.05, 3.63) is 11.8 Å². The predicted molar refractivity (Wildman–Crippen MR) is 54.0 cm³/mol. The molecule has 6 nitrogen and oxygen atoms in total. The lowest BCUT2D eigenvalue weighted by Gasteiger charge is -2.09. The zero-order valence-electron chi connectivity index (χ0n) is 8.80. The van der Waals surface area contributed by atoms with Crippen LogP contribution in [0.3, 0.4) is 0 Å². The molecule has 0 aliphatic rings. The minimum absolute atomic E-state index is 0.159. The Morgan fingerprint density at radius 3 is 2.65 bits per heavy atom. The summed E-state index contributed by atoms with van der Waals surface area (Å²) >= 11 is 0. The first-order valence-corrected chi connectivity index (χ1v) is 4.49. The molecule has 17 heavy (non-hydrogen) atoms. The summed E-state index contributed by atoms with van der Waals surface area (Å²) in [7, 11) is 1.40. The van der Waals surface area contributed by atoms with Gasteiger partial charge in [-0.25, -0.2) is 4.98 Å². The first-order chi connectivity index (χ1) is 7.82. The van der Waals surface area contributed by atoms with E-state index in [1.165, 1.54) is 7.05 Å². The highest BCUT2D eigenvalue weighted by Gasteiger charge is 2.33. The highest BCUT2D eigenvalue weighted by molar-refractivity contribution is 5.80. The van der Waals surface area contributed by atoms with E-state index in [1.54, 1.807) is 0 Å². The van der Waals surface area contributed by atoms with E-state index >= 15 is 0 Å². The van der Waals surface area contributed by atoms with E-state index in [2.05, 4.69) is 20.6 Å². The summed E-state index contributed by atoms with van der Waals surface area (Å²) in [6.07, 6.45) is -4.61. The Bertz CT molecular complexity index is 420. The van der Waals surface area contributed by atoms with Gasteiger partial charge in [-0.3, -0.25) is 4.79 Å². The van der Waals surface area contributed by atoms with Crippen molar-refractivity contribution in [2.75, 3.05) is 24.6 Å². The number of aromatic nitrogens is 2. The van der Waals surface area contributed by atoms with Gasteiger partial charge in [-0.15, -0.1) is 0 Å². The third kappa shape index (κ3) is 3.78. The average Bonchev–Trinajstić information content (AvgIpc) is 2.24. The summed E-state index contributed by atoms with van der Waals surface area (Å²) < 4.78 is 37.1. The molecule has 1 rings (SSSR count). The van der Waals surface area contributed by atoms with Gasteiger partial charge in [0.1, 0.15) is 5.82 Å². The highest BCUT2D eigenvalue weighted by atomic mass is 19.4. The summed E-state index contributed by atoms with van der Waals surface area (Å²) in [5, 5.41) is 4.70. The molecule has 1 aromatic heterocycles. The van der Waals surface area contributed by atoms with Gasteiger partial charge in [0.15, 0.2) is 5.69 Å². The van der Waals surface area contributed by atoms with Crippen LogP contribution in [0, 0.1) is 0 Å². The zero-order chi connectivity index (χ0) is 13.1. The van der Waals surface area contributed by atoms with Crippen LogP contribution in [0.15, 0.2) is 6.07 Å². The molecule has 0 radical (unpaired) electrons. The maximum Gasteiger partial charge on any atom is 0.433 e. The van der Waals surface area contributed by atoms with Crippen LogP contribution >= 0.6 is 0 Å². The molecule has 0 saturated carbocycles. The normalized spacial score (nSPS) is 11.1. The maximum absolute atomic E-state index is 12.4. The molecule has 0 bridgehead atoms. The number of amides is 1. The van der Waals surface area contributed by atoms with Crippen molar-refractivity contribution in [1.82, 2.24) is 15.3 Å². The lowest BCUT2D eigenvalue weighted by Crippen LogP contribution is -2.26. The molecule has 1 amide bonds. The average molecular weight is 249 g/mol. The number of nitrogens with one attached hydrogen (secondary N) is 2. The minimum Gasteiger partial charge on any atom is -0.368 e. The van der Waals surface area contributed by atoms with Crippen molar-refractivity contribution >= 4 is 17.7 Å². The monoisotopic (exact) mass is 249 g/mol. The maximum atomic E-state index is 12.4. The molecular weight excluding hydrogens is 239 g/mol. The lowest BCUT2D eigenvalue weighted by molar-refractivity contribution is -0.141. The summed E-state index contributed by atoms with van der Waals surface area (Å²) in [6, 6.07) is 0.680. The minimum atomic E-state index is -4.61. The van der Waals surface area contributed by atoms with Crippen LogP contribution in [0.25, 0.3) is 0 Å². The fourth-order valence-corrected chi connectivity index (χ4v) is 0.961. The van der Waals surface area contributed by atoms with Gasteiger partial charge in [-0.1, -0.05) is 0 Å². The van der Waals surface area contributed by atoms with Crippen LogP contribution in [0.5, 0.6) is 0 Å². The fourth-order valence-electron chi connectivity index (χ4n) is 0.961. The molecule has 0 spiro atoms. The van der Waals surface area contributed by atoms with Gasteiger partial charge in [-0.05, 0) is 0 Å². The first kappa shape index (κ1) is 13.0. The molecule has 0 fully saturated rings. The highest BCUT2D eigenvalue weighted by Crippen LogP contribution is 2.29. The van der Waals surface area contributed by atoms with Crippen molar-refractivity contribution in [2.24, 2.45) is 0 Å². The topological polar surface area (TPSA) is 92.9 Å². The van der Waals surface area contributed by atoms with E-state index in [0.717, 1.165) is 0 Å². The molecule has 4 N–H and O–H groups in total. The Morgan fingerprint density at radius 1 is 1.47 bits per heavy atom. The third-order valence-electron chi connectivity index (χ3n) is 1.74. The number of hydrogen-bond acceptors (Lipinski definition) is 5. The van der Waals surface area contributed by atoms with Crippen molar-refractivity contribution in [3.63, 3.8) is 0 Å². The molecule has 1 heterocycles. The summed E-state index contributed by atoms with van der Waals surface area (Å²) in [5.74, 6) is -1.07. The van der Waals surface area contributed by atoms with E-state index in [-0.39, 0.29) is 12.4 Å². The second-order valence-corrected chi connectivity index (χ2v) is 3.02. The molecule has 0 atom stereocenters. The van der Waals surface area contributed by atoms with Gasteiger partial charge >= 0.3 is 6.18 Å². The molecule has 94 valence electrons. The second kappa shape index (κ2) is 4.85. The van der Waals surface area contributed by atoms with E-state index in [0.29, 0.717) is 6.07 Å². The van der Waals surface area contributed by atoms with Crippen LogP contribution in [-0.2, 0) is 11.0 Å². The van der Waals surface area contributed by atoms with Gasteiger partial charge in [-0.2, -0.15) is 18.2 Å². The first-order valence-electron chi connectivity index (χ1n) is 4.49. The van der Waals surface area contributed by atoms with Gasteiger partial charge < -0.3 is 16.4 Å². The Labute approximate surface area is 94.4 Å². The zero-order valence-corrected chi connectivity index (χ0v) is 8.80. The van der Waals surface area contributed by atoms with Crippen molar-refractivity contribution in [3.8, 4) is 0 Å². The van der Waals surface area contributed by atoms with Crippen molar-refractivity contribution in [1.29, 1.82) is 0 Å². The number of nitrogens with zero attached hydrogens (tertiary/aromatic N) is 2. The number of nitrogens with two attached hydrogens (primary N) is 1. The van der Waals surface area contributed by atoms with Crippen LogP contribution < -0.4 is 16.4 Å². The van der Waals surface area contributed by atoms with Gasteiger partial charge in [0.05, 0.1) is 6.54 Å². The number of nitrogen functional groups attached to an aromatic ring is 1. The number of halogens is 3. The van der Waals surface area contributed by atoms with E-state index < -0.39 is 23.7 Å². The van der Waals surface area contributed by atoms with E-state index in [4.69, 9.17) is 5.73 Å². The largest absolute Gasteiger partial charge is 0.433 e. The second-order valence-electron chi connectivity index (χ2n) is 3.02. The molecular formula is C8H10F3N5O. The quantitative estimate of drug-likeness (QED) is 0.713. The van der Waals surface area contributed by atoms with E-state index in [1.807, 2.05) is 0 Å². The molecule has 0 saturated heterocycles. The Kier molecular flexibility index (Phi) is 3.71. The van der Waals surface area contributed by atoms with Crippen molar-refractivity contribution < 1.29 is 18.0 Å². The molecule has 0 unspecified atom stereocenters. The Hall–Kier alpha value is -2.06. The van der Waals surface area contributed by atoms with Crippen LogP contribution in [0.2, 0.25) is 0 Å². The smallest absolute Gasteiger partial charge is 0.368 e. The summed E-state index contributed by atoms with van der Waals surface area (Å²) in [6.45, 7) is -0.204. The van der Waals surface area contributed by atoms with Gasteiger partial charge in [0.2, 0.25) is 11.9 Å². The summed E-state index contributed by atoms with van der Waals surface area (Å²) in [5.41, 5.74) is 3.97. The number of rotatable bonds is 3. The number of anilines is 2. The van der Waals surface area contributed by atoms with E-state index in [9.17, 15) is 18.0 Å². The molecule has 0 aliphatic heterocycles. The number of carbonyl (C=O) groups excluding carboxylic acids is 1. The number of likely N-dealkylation sites (N-methyl/N-ethyl adjacent to an activating group) is 1. The van der Waals surface area contributed by atoms with Gasteiger partial charge in [0, 0.05) is 13.1 Å². The van der Waals surface area contributed by atoms with Crippen LogP contribution in [-0.4, -0.2) is 29.5 Å². The molecule has 9 heteroatoms. The predicted octanol–water partition coefficient (Wildman–Crippen LogP) is 0.235. The number of carbonyl (C=O) groups is 1. The van der Waals surface area contributed by atoms with Crippen LogP contribution in [0.4, 0.5) is 24.9 Å². The number of hydrogen-bond donors (Lipinski definition) is 3. The van der Waals surface area contributed by atoms with Gasteiger partial charge in [0.25, 0.3) is 0 Å². The lowest BCUT2D eigenvalue weighted by atomic mass is 10.3. The van der Waals surface area contributed by atoms with Crippen molar-refractivity contribution in [2.45, 2.75) is 6.18 Å². The fraction of sp³-hybridized carbons (Fsp3) is 0.375. The third-order valence-corrected chi connectivity index (χ3v) is 1.74. The Balaban J connectivity index is 2.87. The summed E-state index contributed by atoms with van der Waals surface area (Å²) in [4.78, 5) is 17.5. The SMILES string of the molecule is CNC(=O)CNc1cc(C(F)(F)F)nc(N)n1. The van der Waals surface area contributed by atoms with Crippen LogP contribution in [0.1, 0.15) is 5.69 Å². The molecule has 1 aromatic rings. The number of alkyl halides is 3.